The normalized spacial score (nSPS) is 49.1. The number of esters is 1. The molecule has 0 heterocycles. The van der Waals surface area contributed by atoms with Crippen LogP contribution in [0, 0.1) is 35.0 Å². The van der Waals surface area contributed by atoms with E-state index in [2.05, 4.69) is 0 Å². The zero-order valence-electron chi connectivity index (χ0n) is 13.4. The summed E-state index contributed by atoms with van der Waals surface area (Å²) in [7, 11) is 0. The highest BCUT2D eigenvalue weighted by molar-refractivity contribution is 6.11. The van der Waals surface area contributed by atoms with Gasteiger partial charge in [0.1, 0.15) is 5.41 Å². The van der Waals surface area contributed by atoms with Crippen molar-refractivity contribution in [1.82, 2.24) is 0 Å². The maximum Gasteiger partial charge on any atom is 0.325 e. The average molecular weight is 316 g/mol. The Hall–Kier alpha value is -1.16. The lowest BCUT2D eigenvalue weighted by atomic mass is 9.55. The predicted molar refractivity (Wildman–Crippen MR) is 82.2 cm³/mol. The molecule has 0 radical (unpaired) electrons. The number of carbonyl (C=O) groups excluding carboxylic acids is 2. The molecular formula is C19H24O4. The molecule has 0 aromatic carbocycles. The molecule has 0 aliphatic heterocycles. The number of ketones is 1. The minimum Gasteiger partial charge on any atom is -0.437 e. The Labute approximate surface area is 136 Å². The van der Waals surface area contributed by atoms with Gasteiger partial charge in [0.25, 0.3) is 0 Å². The molecule has 23 heavy (non-hydrogen) atoms. The third kappa shape index (κ3) is 2.00. The standard InChI is InChI=1S/C19H24O4/c20-17-13-1-3-19(17,4-2-13)18(21)23-10-22-16-14-6-11-5-12(8-14)9-15(16)7-11/h1,3,11-16H,2,4-10H2. The average Bonchev–Trinajstić information content (AvgIpc) is 3.03. The summed E-state index contributed by atoms with van der Waals surface area (Å²) in [5.74, 6) is 2.71. The van der Waals surface area contributed by atoms with E-state index >= 15 is 0 Å². The van der Waals surface area contributed by atoms with E-state index in [0.29, 0.717) is 18.3 Å². The fourth-order valence-corrected chi connectivity index (χ4v) is 6.31. The zero-order valence-corrected chi connectivity index (χ0v) is 13.4. The molecule has 0 aromatic rings. The molecule has 124 valence electrons. The maximum atomic E-state index is 12.4. The van der Waals surface area contributed by atoms with Crippen LogP contribution in [0.5, 0.6) is 0 Å². The fourth-order valence-electron chi connectivity index (χ4n) is 6.31. The summed E-state index contributed by atoms with van der Waals surface area (Å²) in [4.78, 5) is 24.6. The lowest BCUT2D eigenvalue weighted by Gasteiger charge is -2.53. The predicted octanol–water partition coefficient (Wildman–Crippen LogP) is 2.86. The molecule has 4 heteroatoms. The molecule has 0 saturated heterocycles. The quantitative estimate of drug-likeness (QED) is 0.346. The molecule has 0 spiro atoms. The van der Waals surface area contributed by atoms with E-state index in [1.165, 1.54) is 32.1 Å². The van der Waals surface area contributed by atoms with Crippen molar-refractivity contribution in [2.75, 3.05) is 6.79 Å². The van der Waals surface area contributed by atoms with Crippen LogP contribution >= 0.6 is 0 Å². The lowest BCUT2D eigenvalue weighted by Crippen LogP contribution is -2.49. The van der Waals surface area contributed by atoms with Crippen molar-refractivity contribution in [3.05, 3.63) is 12.2 Å². The summed E-state index contributed by atoms with van der Waals surface area (Å²) in [6.45, 7) is 0.0133. The highest BCUT2D eigenvalue weighted by atomic mass is 16.7. The summed E-state index contributed by atoms with van der Waals surface area (Å²) < 4.78 is 11.4. The van der Waals surface area contributed by atoms with Crippen LogP contribution in [0.3, 0.4) is 0 Å². The van der Waals surface area contributed by atoms with E-state index < -0.39 is 11.4 Å². The summed E-state index contributed by atoms with van der Waals surface area (Å²) >= 11 is 0. The van der Waals surface area contributed by atoms with Crippen molar-refractivity contribution >= 4 is 11.8 Å². The number of hydrogen-bond acceptors (Lipinski definition) is 4. The van der Waals surface area contributed by atoms with Gasteiger partial charge in [-0.25, -0.2) is 0 Å². The minimum absolute atomic E-state index is 0.0133. The summed E-state index contributed by atoms with van der Waals surface area (Å²) in [6.07, 6.45) is 11.9. The largest absolute Gasteiger partial charge is 0.437 e. The van der Waals surface area contributed by atoms with Gasteiger partial charge in [0.2, 0.25) is 0 Å². The molecule has 6 aliphatic rings. The van der Waals surface area contributed by atoms with Gasteiger partial charge in [0, 0.05) is 5.92 Å². The zero-order chi connectivity index (χ0) is 15.6. The Balaban J connectivity index is 1.19. The van der Waals surface area contributed by atoms with Gasteiger partial charge in [0.05, 0.1) is 6.10 Å². The first-order valence-electron chi connectivity index (χ1n) is 9.18. The van der Waals surface area contributed by atoms with Crippen LogP contribution in [-0.2, 0) is 19.1 Å². The van der Waals surface area contributed by atoms with E-state index in [1.807, 2.05) is 6.08 Å². The van der Waals surface area contributed by atoms with E-state index in [1.54, 1.807) is 6.08 Å². The van der Waals surface area contributed by atoms with Gasteiger partial charge in [-0.05, 0) is 68.6 Å². The maximum absolute atomic E-state index is 12.4. The van der Waals surface area contributed by atoms with Crippen molar-refractivity contribution in [3.8, 4) is 0 Å². The SMILES string of the molecule is O=C(OCOC1C2CC3CC(C2)CC1C3)C12C=CC(CC1)C2=O. The van der Waals surface area contributed by atoms with Gasteiger partial charge in [-0.2, -0.15) is 0 Å². The fraction of sp³-hybridized carbons (Fsp3) is 0.789. The van der Waals surface area contributed by atoms with Gasteiger partial charge in [-0.15, -0.1) is 0 Å². The second-order valence-corrected chi connectivity index (χ2v) is 8.45. The molecule has 2 unspecified atom stereocenters. The highest BCUT2D eigenvalue weighted by Crippen LogP contribution is 2.54. The third-order valence-electron chi connectivity index (χ3n) is 7.19. The van der Waals surface area contributed by atoms with Crippen molar-refractivity contribution < 1.29 is 19.1 Å². The summed E-state index contributed by atoms with van der Waals surface area (Å²) in [6, 6.07) is 0. The number of carbonyl (C=O) groups is 2. The summed E-state index contributed by atoms with van der Waals surface area (Å²) in [5.41, 5.74) is -0.988. The Morgan fingerprint density at radius 3 is 2.35 bits per heavy atom. The van der Waals surface area contributed by atoms with Crippen LogP contribution in [0.2, 0.25) is 0 Å². The molecule has 0 N–H and O–H groups in total. The first kappa shape index (κ1) is 14.2. The number of hydrogen-bond donors (Lipinski definition) is 0. The Morgan fingerprint density at radius 2 is 1.83 bits per heavy atom. The smallest absolute Gasteiger partial charge is 0.325 e. The van der Waals surface area contributed by atoms with Crippen LogP contribution in [0.25, 0.3) is 0 Å². The van der Waals surface area contributed by atoms with Gasteiger partial charge in [-0.3, -0.25) is 9.59 Å². The number of allylic oxidation sites excluding steroid dienone is 1. The van der Waals surface area contributed by atoms with Crippen LogP contribution in [0.1, 0.15) is 44.9 Å². The molecule has 5 fully saturated rings. The molecular weight excluding hydrogens is 292 g/mol. The first-order chi connectivity index (χ1) is 11.2. The molecule has 4 nitrogen and oxygen atoms in total. The molecule has 0 aromatic heterocycles. The van der Waals surface area contributed by atoms with Gasteiger partial charge >= 0.3 is 5.97 Å². The molecule has 5 saturated carbocycles. The van der Waals surface area contributed by atoms with Crippen molar-refractivity contribution in [2.45, 2.75) is 51.0 Å². The molecule has 6 rings (SSSR count). The Kier molecular flexibility index (Phi) is 3.04. The van der Waals surface area contributed by atoms with Crippen molar-refractivity contribution in [1.29, 1.82) is 0 Å². The first-order valence-corrected chi connectivity index (χ1v) is 9.18. The molecule has 6 aliphatic carbocycles. The van der Waals surface area contributed by atoms with Crippen LogP contribution in [-0.4, -0.2) is 24.6 Å². The number of rotatable bonds is 4. The monoisotopic (exact) mass is 316 g/mol. The molecule has 2 atom stereocenters. The van der Waals surface area contributed by atoms with Crippen LogP contribution in [0.15, 0.2) is 12.2 Å². The van der Waals surface area contributed by atoms with E-state index in [-0.39, 0.29) is 24.6 Å². The van der Waals surface area contributed by atoms with Crippen molar-refractivity contribution in [2.24, 2.45) is 35.0 Å². The Bertz CT molecular complexity index is 552. The molecule has 6 bridgehead atoms. The number of Topliss-reactive ketones (excluding diaryl/α,β-unsaturated/α-hetero) is 1. The van der Waals surface area contributed by atoms with E-state index in [0.717, 1.165) is 18.3 Å². The van der Waals surface area contributed by atoms with Crippen LogP contribution < -0.4 is 0 Å². The minimum atomic E-state index is -0.988. The summed E-state index contributed by atoms with van der Waals surface area (Å²) in [5, 5.41) is 0. The topological polar surface area (TPSA) is 52.6 Å². The second kappa shape index (κ2) is 4.92. The Morgan fingerprint density at radius 1 is 1.13 bits per heavy atom. The van der Waals surface area contributed by atoms with Gasteiger partial charge < -0.3 is 9.47 Å². The van der Waals surface area contributed by atoms with E-state index in [9.17, 15) is 9.59 Å². The highest BCUT2D eigenvalue weighted by Gasteiger charge is 2.56. The van der Waals surface area contributed by atoms with Gasteiger partial charge in [-0.1, -0.05) is 12.2 Å². The third-order valence-corrected chi connectivity index (χ3v) is 7.19. The molecule has 0 amide bonds. The number of fused-ring (bicyclic) bond motifs is 2. The number of ether oxygens (including phenoxy) is 2. The van der Waals surface area contributed by atoms with E-state index in [4.69, 9.17) is 9.47 Å². The van der Waals surface area contributed by atoms with Crippen LogP contribution in [0.4, 0.5) is 0 Å². The van der Waals surface area contributed by atoms with Crippen molar-refractivity contribution in [3.63, 3.8) is 0 Å². The second-order valence-electron chi connectivity index (χ2n) is 8.45. The van der Waals surface area contributed by atoms with Gasteiger partial charge in [0.15, 0.2) is 12.6 Å². The lowest BCUT2D eigenvalue weighted by molar-refractivity contribution is -0.192.